The average Bonchev–Trinajstić information content (AvgIpc) is 3.34. The molecule has 3 N–H and O–H groups in total. The lowest BCUT2D eigenvalue weighted by molar-refractivity contribution is 0.102. The maximum Gasteiger partial charge on any atom is 0.259 e. The Morgan fingerprint density at radius 3 is 2.56 bits per heavy atom. The first-order chi connectivity index (χ1) is 16.7. The monoisotopic (exact) mass is 448 g/mol. The van der Waals surface area contributed by atoms with E-state index in [1.165, 1.54) is 0 Å². The Hall–Kier alpha value is -4.65. The van der Waals surface area contributed by atoms with Crippen molar-refractivity contribution in [1.82, 2.24) is 9.97 Å². The molecule has 0 fully saturated rings. The van der Waals surface area contributed by atoms with Crippen LogP contribution in [0.2, 0.25) is 0 Å². The summed E-state index contributed by atoms with van der Waals surface area (Å²) in [6.07, 6.45) is 2.48. The molecule has 7 heteroatoms. The van der Waals surface area contributed by atoms with Crippen LogP contribution in [0.3, 0.4) is 0 Å². The van der Waals surface area contributed by atoms with Crippen LogP contribution in [-0.4, -0.2) is 22.5 Å². The number of nitrogens with zero attached hydrogens (tertiary/aromatic N) is 1. The molecule has 1 aliphatic rings. The molecule has 3 aromatic carbocycles. The first kappa shape index (κ1) is 20.0. The third kappa shape index (κ3) is 3.44. The van der Waals surface area contributed by atoms with Gasteiger partial charge < -0.3 is 20.4 Å². The lowest BCUT2D eigenvalue weighted by Crippen LogP contribution is -2.13. The lowest BCUT2D eigenvalue weighted by Gasteiger charge is -2.13. The Morgan fingerprint density at radius 2 is 1.71 bits per heavy atom. The summed E-state index contributed by atoms with van der Waals surface area (Å²) in [6.45, 7) is 0.604. The largest absolute Gasteiger partial charge is 0.492 e. The summed E-state index contributed by atoms with van der Waals surface area (Å²) in [5.41, 5.74) is 4.31. The molecule has 2 aromatic heterocycles. The number of fused-ring (bicyclic) bond motifs is 4. The van der Waals surface area contributed by atoms with Crippen LogP contribution >= 0.6 is 0 Å². The van der Waals surface area contributed by atoms with Crippen LogP contribution in [0.1, 0.15) is 15.9 Å². The first-order valence-corrected chi connectivity index (χ1v) is 11.0. The zero-order valence-electron chi connectivity index (χ0n) is 18.1. The molecular formula is C27H20N4O3. The number of aromatic nitrogens is 2. The van der Waals surface area contributed by atoms with Gasteiger partial charge in [-0.15, -0.1) is 0 Å². The van der Waals surface area contributed by atoms with Gasteiger partial charge in [0.25, 0.3) is 11.5 Å². The summed E-state index contributed by atoms with van der Waals surface area (Å²) >= 11 is 0. The maximum absolute atomic E-state index is 12.8. The number of carbonyl (C=O) groups excluding carboxylic acids is 1. The number of amides is 1. The van der Waals surface area contributed by atoms with Gasteiger partial charge in [-0.1, -0.05) is 30.3 Å². The molecule has 0 radical (unpaired) electrons. The fraction of sp³-hybridized carbons (Fsp3) is 0.0741. The van der Waals surface area contributed by atoms with Crippen LogP contribution in [-0.2, 0) is 6.42 Å². The second kappa shape index (κ2) is 8.04. The summed E-state index contributed by atoms with van der Waals surface area (Å²) in [5, 5.41) is 8.64. The Labute approximate surface area is 194 Å². The van der Waals surface area contributed by atoms with Gasteiger partial charge in [-0.25, -0.2) is 4.98 Å². The van der Waals surface area contributed by atoms with Crippen molar-refractivity contribution in [2.24, 2.45) is 0 Å². The van der Waals surface area contributed by atoms with Gasteiger partial charge >= 0.3 is 0 Å². The van der Waals surface area contributed by atoms with Crippen LogP contribution in [0.25, 0.3) is 21.8 Å². The predicted molar refractivity (Wildman–Crippen MR) is 133 cm³/mol. The first-order valence-electron chi connectivity index (χ1n) is 11.0. The zero-order valence-corrected chi connectivity index (χ0v) is 18.1. The third-order valence-electron chi connectivity index (χ3n) is 6.00. The van der Waals surface area contributed by atoms with Crippen molar-refractivity contribution < 1.29 is 9.53 Å². The van der Waals surface area contributed by atoms with Gasteiger partial charge in [-0.2, -0.15) is 0 Å². The number of hydrogen-bond donors (Lipinski definition) is 3. The van der Waals surface area contributed by atoms with Gasteiger partial charge in [0.1, 0.15) is 11.4 Å². The van der Waals surface area contributed by atoms with Crippen LogP contribution < -0.4 is 20.9 Å². The van der Waals surface area contributed by atoms with Crippen molar-refractivity contribution in [1.29, 1.82) is 0 Å². The highest BCUT2D eigenvalue weighted by Gasteiger charge is 2.20. The highest BCUT2D eigenvalue weighted by Crippen LogP contribution is 2.31. The van der Waals surface area contributed by atoms with Crippen molar-refractivity contribution >= 4 is 44.8 Å². The molecule has 5 aromatic rings. The number of pyridine rings is 2. The second-order valence-corrected chi connectivity index (χ2v) is 8.13. The number of anilines is 3. The van der Waals surface area contributed by atoms with Gasteiger partial charge in [0.15, 0.2) is 0 Å². The number of H-pyrrole nitrogens is 1. The van der Waals surface area contributed by atoms with Crippen LogP contribution in [0.4, 0.5) is 17.1 Å². The van der Waals surface area contributed by atoms with Crippen molar-refractivity contribution in [3.8, 4) is 5.75 Å². The molecule has 34 heavy (non-hydrogen) atoms. The minimum absolute atomic E-state index is 0.165. The SMILES string of the molecule is O=C(Nc1ccc(Nc2ccnc3[nH]c(=O)c4ccccc4c23)cc1)c1cccc2c1OCC2. The molecule has 0 aliphatic carbocycles. The van der Waals surface area contributed by atoms with Gasteiger partial charge in [-0.05, 0) is 48.0 Å². The van der Waals surface area contributed by atoms with E-state index in [4.69, 9.17) is 4.74 Å². The lowest BCUT2D eigenvalue weighted by atomic mass is 10.1. The van der Waals surface area contributed by atoms with Crippen LogP contribution in [0.5, 0.6) is 5.75 Å². The van der Waals surface area contributed by atoms with Gasteiger partial charge in [0, 0.05) is 40.2 Å². The van der Waals surface area contributed by atoms with E-state index in [1.807, 2.05) is 60.7 Å². The standard InChI is InChI=1S/C27H20N4O3/c32-26-20-6-2-1-5-19(20)23-22(12-14-28-25(23)31-26)29-17-8-10-18(11-9-17)30-27(33)21-7-3-4-16-13-15-34-24(16)21/h1-12,14H,13,15H2,(H,30,33)(H2,28,29,31,32). The molecule has 0 atom stereocenters. The Kier molecular flexibility index (Phi) is 4.73. The smallest absolute Gasteiger partial charge is 0.259 e. The zero-order chi connectivity index (χ0) is 23.1. The fourth-order valence-electron chi connectivity index (χ4n) is 4.39. The molecule has 3 heterocycles. The molecule has 0 saturated carbocycles. The van der Waals surface area contributed by atoms with Crippen molar-refractivity contribution in [2.75, 3.05) is 17.2 Å². The molecule has 166 valence electrons. The number of nitrogens with one attached hydrogen (secondary N) is 3. The normalized spacial score (nSPS) is 12.4. The van der Waals surface area contributed by atoms with Crippen molar-refractivity contribution in [3.05, 3.63) is 100 Å². The van der Waals surface area contributed by atoms with Gasteiger partial charge in [0.2, 0.25) is 0 Å². The summed E-state index contributed by atoms with van der Waals surface area (Å²) < 4.78 is 5.65. The summed E-state index contributed by atoms with van der Waals surface area (Å²) in [4.78, 5) is 32.4. The average molecular weight is 448 g/mol. The summed E-state index contributed by atoms with van der Waals surface area (Å²) in [6, 6.07) is 22.4. The third-order valence-corrected chi connectivity index (χ3v) is 6.00. The topological polar surface area (TPSA) is 96.1 Å². The van der Waals surface area contributed by atoms with E-state index >= 15 is 0 Å². The van der Waals surface area contributed by atoms with E-state index in [1.54, 1.807) is 18.3 Å². The van der Waals surface area contributed by atoms with Crippen LogP contribution in [0.15, 0.2) is 83.8 Å². The molecule has 0 saturated heterocycles. The molecule has 0 spiro atoms. The second-order valence-electron chi connectivity index (χ2n) is 8.13. The van der Waals surface area contributed by atoms with E-state index in [-0.39, 0.29) is 11.5 Å². The number of benzene rings is 3. The minimum atomic E-state index is -0.199. The fourth-order valence-corrected chi connectivity index (χ4v) is 4.39. The Morgan fingerprint density at radius 1 is 0.912 bits per heavy atom. The highest BCUT2D eigenvalue weighted by atomic mass is 16.5. The molecule has 0 bridgehead atoms. The maximum atomic E-state index is 12.8. The molecule has 1 aliphatic heterocycles. The van der Waals surface area contributed by atoms with Crippen molar-refractivity contribution in [3.63, 3.8) is 0 Å². The van der Waals surface area contributed by atoms with E-state index < -0.39 is 0 Å². The molecule has 7 nitrogen and oxygen atoms in total. The number of para-hydroxylation sites is 1. The van der Waals surface area contributed by atoms with Crippen molar-refractivity contribution in [2.45, 2.75) is 6.42 Å². The summed E-state index contributed by atoms with van der Waals surface area (Å²) in [5.74, 6) is 0.475. The van der Waals surface area contributed by atoms with E-state index in [9.17, 15) is 9.59 Å². The Bertz CT molecular complexity index is 1620. The number of aromatic amines is 1. The summed E-state index contributed by atoms with van der Waals surface area (Å²) in [7, 11) is 0. The number of ether oxygens (including phenoxy) is 1. The molecule has 0 unspecified atom stereocenters. The number of hydrogen-bond acceptors (Lipinski definition) is 5. The van der Waals surface area contributed by atoms with Gasteiger partial charge in [0.05, 0.1) is 17.9 Å². The van der Waals surface area contributed by atoms with E-state index in [2.05, 4.69) is 20.6 Å². The molecular weight excluding hydrogens is 428 g/mol. The van der Waals surface area contributed by atoms with Crippen LogP contribution in [0, 0.1) is 0 Å². The highest BCUT2D eigenvalue weighted by molar-refractivity contribution is 6.11. The molecule has 6 rings (SSSR count). The van der Waals surface area contributed by atoms with E-state index in [0.717, 1.165) is 34.1 Å². The van der Waals surface area contributed by atoms with Gasteiger partial charge in [-0.3, -0.25) is 9.59 Å². The quantitative estimate of drug-likeness (QED) is 0.336. The number of carbonyl (C=O) groups is 1. The predicted octanol–water partition coefficient (Wildman–Crippen LogP) is 5.01. The molecule has 1 amide bonds. The van der Waals surface area contributed by atoms with E-state index in [0.29, 0.717) is 34.6 Å². The Balaban J connectivity index is 1.28. The minimum Gasteiger partial charge on any atom is -0.492 e. The number of rotatable bonds is 4.